The van der Waals surface area contributed by atoms with E-state index in [0.29, 0.717) is 0 Å². The number of hydrogen-bond acceptors (Lipinski definition) is 1. The quantitative estimate of drug-likeness (QED) is 0.624. The summed E-state index contributed by atoms with van der Waals surface area (Å²) in [5.74, 6) is 0. The van der Waals surface area contributed by atoms with Gasteiger partial charge >= 0.3 is 0 Å². The SMILES string of the molecule is C=C/C=C1\CC(C)=C(/C=C\C)N1c1ccc(-c2ccccc2)cc1. The fraction of sp³-hybridized carbons (Fsp3) is 0.130. The summed E-state index contributed by atoms with van der Waals surface area (Å²) in [7, 11) is 0. The van der Waals surface area contributed by atoms with E-state index in [1.165, 1.54) is 33.8 Å². The third-order valence-electron chi connectivity index (χ3n) is 4.28. The summed E-state index contributed by atoms with van der Waals surface area (Å²) >= 11 is 0. The molecule has 1 aliphatic heterocycles. The minimum atomic E-state index is 0.964. The van der Waals surface area contributed by atoms with E-state index in [4.69, 9.17) is 0 Å². The molecule has 2 aromatic rings. The van der Waals surface area contributed by atoms with Gasteiger partial charge in [-0.05, 0) is 54.8 Å². The third-order valence-corrected chi connectivity index (χ3v) is 4.28. The van der Waals surface area contributed by atoms with E-state index in [-0.39, 0.29) is 0 Å². The van der Waals surface area contributed by atoms with Crippen molar-refractivity contribution < 1.29 is 0 Å². The fourth-order valence-corrected chi connectivity index (χ4v) is 3.17. The number of anilines is 1. The van der Waals surface area contributed by atoms with Crippen LogP contribution in [0.4, 0.5) is 5.69 Å². The molecule has 120 valence electrons. The lowest BCUT2D eigenvalue weighted by atomic mass is 10.1. The molecule has 24 heavy (non-hydrogen) atoms. The summed E-state index contributed by atoms with van der Waals surface area (Å²) in [5.41, 5.74) is 7.58. The third kappa shape index (κ3) is 3.11. The van der Waals surface area contributed by atoms with Crippen LogP contribution in [0.15, 0.2) is 102 Å². The zero-order valence-corrected chi connectivity index (χ0v) is 14.4. The predicted octanol–water partition coefficient (Wildman–Crippen LogP) is 6.48. The second kappa shape index (κ2) is 7.18. The highest BCUT2D eigenvalue weighted by atomic mass is 15.2. The molecule has 2 aromatic carbocycles. The molecule has 0 aliphatic carbocycles. The standard InChI is InChI=1S/C23H23N/c1-4-9-22-17-18(3)23(10-5-2)24(22)21-15-13-20(14-16-21)19-11-7-6-8-12-19/h4-16H,1,17H2,2-3H3/b10-5-,22-9+. The molecule has 1 aliphatic rings. The minimum Gasteiger partial charge on any atom is -0.314 e. The van der Waals surface area contributed by atoms with Gasteiger partial charge in [-0.1, -0.05) is 61.2 Å². The van der Waals surface area contributed by atoms with Crippen molar-refractivity contribution >= 4 is 5.69 Å². The zero-order valence-electron chi connectivity index (χ0n) is 14.4. The summed E-state index contributed by atoms with van der Waals surface area (Å²) in [5, 5.41) is 0. The number of allylic oxidation sites excluding steroid dienone is 5. The average Bonchev–Trinajstić information content (AvgIpc) is 2.92. The molecule has 0 unspecified atom stereocenters. The van der Waals surface area contributed by atoms with Crippen molar-refractivity contribution in [2.24, 2.45) is 0 Å². The van der Waals surface area contributed by atoms with Crippen LogP contribution in [0, 0.1) is 0 Å². The molecule has 0 fully saturated rings. The molecule has 0 amide bonds. The summed E-state index contributed by atoms with van der Waals surface area (Å²) in [4.78, 5) is 2.33. The monoisotopic (exact) mass is 313 g/mol. The zero-order chi connectivity index (χ0) is 16.9. The van der Waals surface area contributed by atoms with Crippen LogP contribution >= 0.6 is 0 Å². The lowest BCUT2D eigenvalue weighted by Gasteiger charge is -2.23. The maximum absolute atomic E-state index is 3.86. The molecule has 0 bridgehead atoms. The van der Waals surface area contributed by atoms with E-state index in [0.717, 1.165) is 6.42 Å². The van der Waals surface area contributed by atoms with Gasteiger partial charge < -0.3 is 4.90 Å². The maximum atomic E-state index is 3.86. The van der Waals surface area contributed by atoms with E-state index in [1.807, 2.05) is 12.1 Å². The van der Waals surface area contributed by atoms with E-state index < -0.39 is 0 Å². The first kappa shape index (κ1) is 16.1. The Bertz CT molecular complexity index is 805. The molecular weight excluding hydrogens is 290 g/mol. The summed E-state index contributed by atoms with van der Waals surface area (Å²) in [6.45, 7) is 8.12. The lowest BCUT2D eigenvalue weighted by Crippen LogP contribution is -2.15. The van der Waals surface area contributed by atoms with Crippen LogP contribution in [0.2, 0.25) is 0 Å². The van der Waals surface area contributed by atoms with Gasteiger partial charge in [-0.3, -0.25) is 0 Å². The number of benzene rings is 2. The Morgan fingerprint density at radius 1 is 0.958 bits per heavy atom. The van der Waals surface area contributed by atoms with Crippen LogP contribution in [0.25, 0.3) is 11.1 Å². The van der Waals surface area contributed by atoms with Crippen LogP contribution in [-0.4, -0.2) is 0 Å². The fourth-order valence-electron chi connectivity index (χ4n) is 3.17. The van der Waals surface area contributed by atoms with Gasteiger partial charge in [-0.2, -0.15) is 0 Å². The predicted molar refractivity (Wildman–Crippen MR) is 105 cm³/mol. The summed E-state index contributed by atoms with van der Waals surface area (Å²) in [6, 6.07) is 19.3. The number of hydrogen-bond donors (Lipinski definition) is 0. The number of nitrogens with zero attached hydrogens (tertiary/aromatic N) is 1. The van der Waals surface area contributed by atoms with Gasteiger partial charge in [-0.25, -0.2) is 0 Å². The van der Waals surface area contributed by atoms with Gasteiger partial charge in [0.25, 0.3) is 0 Å². The van der Waals surface area contributed by atoms with E-state index in [2.05, 4.69) is 92.1 Å². The Morgan fingerprint density at radius 3 is 2.25 bits per heavy atom. The Kier molecular flexibility index (Phi) is 4.81. The molecule has 3 rings (SSSR count). The molecule has 0 aromatic heterocycles. The van der Waals surface area contributed by atoms with Crippen LogP contribution in [-0.2, 0) is 0 Å². The van der Waals surface area contributed by atoms with E-state index in [1.54, 1.807) is 0 Å². The molecule has 0 N–H and O–H groups in total. The Labute approximate surface area is 144 Å². The van der Waals surface area contributed by atoms with Crippen molar-refractivity contribution in [3.8, 4) is 11.1 Å². The van der Waals surface area contributed by atoms with Crippen molar-refractivity contribution in [3.05, 3.63) is 102 Å². The Morgan fingerprint density at radius 2 is 1.62 bits per heavy atom. The molecule has 1 heterocycles. The Balaban J connectivity index is 1.99. The highest BCUT2D eigenvalue weighted by Crippen LogP contribution is 2.37. The van der Waals surface area contributed by atoms with Gasteiger partial charge in [-0.15, -0.1) is 0 Å². The van der Waals surface area contributed by atoms with Crippen molar-refractivity contribution in [1.29, 1.82) is 0 Å². The first-order valence-electron chi connectivity index (χ1n) is 8.34. The number of rotatable bonds is 4. The van der Waals surface area contributed by atoms with Gasteiger partial charge in [0.05, 0.1) is 0 Å². The normalized spacial score (nSPS) is 16.4. The van der Waals surface area contributed by atoms with Crippen molar-refractivity contribution in [2.45, 2.75) is 20.3 Å². The lowest BCUT2D eigenvalue weighted by molar-refractivity contribution is 1.11. The average molecular weight is 313 g/mol. The molecule has 0 radical (unpaired) electrons. The highest BCUT2D eigenvalue weighted by Gasteiger charge is 2.23. The van der Waals surface area contributed by atoms with Gasteiger partial charge in [0.15, 0.2) is 0 Å². The van der Waals surface area contributed by atoms with Crippen molar-refractivity contribution in [3.63, 3.8) is 0 Å². The van der Waals surface area contributed by atoms with Gasteiger partial charge in [0.2, 0.25) is 0 Å². The summed E-state index contributed by atoms with van der Waals surface area (Å²) < 4.78 is 0. The Hall–Kier alpha value is -2.80. The van der Waals surface area contributed by atoms with Crippen molar-refractivity contribution in [2.75, 3.05) is 4.90 Å². The smallest absolute Gasteiger partial charge is 0.0458 e. The molecule has 0 spiro atoms. The van der Waals surface area contributed by atoms with Gasteiger partial charge in [0, 0.05) is 23.5 Å². The van der Waals surface area contributed by atoms with Crippen LogP contribution < -0.4 is 4.90 Å². The second-order valence-electron chi connectivity index (χ2n) is 5.98. The maximum Gasteiger partial charge on any atom is 0.0458 e. The van der Waals surface area contributed by atoms with Gasteiger partial charge in [0.1, 0.15) is 0 Å². The summed E-state index contributed by atoms with van der Waals surface area (Å²) in [6.07, 6.45) is 9.22. The van der Waals surface area contributed by atoms with E-state index >= 15 is 0 Å². The molecule has 0 saturated heterocycles. The van der Waals surface area contributed by atoms with E-state index in [9.17, 15) is 0 Å². The topological polar surface area (TPSA) is 3.24 Å². The molecule has 1 heteroatoms. The van der Waals surface area contributed by atoms with Crippen LogP contribution in [0.3, 0.4) is 0 Å². The largest absolute Gasteiger partial charge is 0.314 e. The van der Waals surface area contributed by atoms with Crippen LogP contribution in [0.5, 0.6) is 0 Å². The molecule has 0 atom stereocenters. The molecular formula is C23H23N. The molecule has 0 saturated carbocycles. The second-order valence-corrected chi connectivity index (χ2v) is 5.98. The highest BCUT2D eigenvalue weighted by molar-refractivity contribution is 5.71. The molecule has 1 nitrogen and oxygen atoms in total. The van der Waals surface area contributed by atoms with Crippen LogP contribution in [0.1, 0.15) is 20.3 Å². The first-order valence-corrected chi connectivity index (χ1v) is 8.34. The first-order chi connectivity index (χ1) is 11.7. The van der Waals surface area contributed by atoms with Crippen molar-refractivity contribution in [1.82, 2.24) is 0 Å². The minimum absolute atomic E-state index is 0.964.